The summed E-state index contributed by atoms with van der Waals surface area (Å²) in [6.45, 7) is 4.82. The van der Waals surface area contributed by atoms with Crippen molar-refractivity contribution in [1.82, 2.24) is 4.68 Å². The first kappa shape index (κ1) is 17.3. The largest absolute Gasteiger partial charge is 0.258 e. The third kappa shape index (κ3) is 4.12. The molecule has 0 saturated carbocycles. The van der Waals surface area contributed by atoms with Crippen molar-refractivity contribution in [2.45, 2.75) is 20.3 Å². The van der Waals surface area contributed by atoms with E-state index in [0.29, 0.717) is 6.54 Å². The van der Waals surface area contributed by atoms with Crippen LogP contribution in [0.15, 0.2) is 64.0 Å². The molecule has 128 valence electrons. The Bertz CT molecular complexity index is 919. The second-order valence-corrected chi connectivity index (χ2v) is 6.37. The van der Waals surface area contributed by atoms with Crippen LogP contribution < -0.4 is 4.80 Å². The Morgan fingerprint density at radius 2 is 1.76 bits per heavy atom. The van der Waals surface area contributed by atoms with Crippen molar-refractivity contribution in [3.63, 3.8) is 0 Å². The van der Waals surface area contributed by atoms with Crippen molar-refractivity contribution in [3.8, 4) is 11.3 Å². The van der Waals surface area contributed by atoms with E-state index in [-0.39, 0.29) is 5.82 Å². The van der Waals surface area contributed by atoms with Gasteiger partial charge in [0.1, 0.15) is 5.82 Å². The van der Waals surface area contributed by atoms with Gasteiger partial charge in [-0.25, -0.2) is 9.07 Å². The van der Waals surface area contributed by atoms with E-state index in [1.807, 2.05) is 23.2 Å². The Hall–Kier alpha value is -2.53. The first-order valence-electron chi connectivity index (χ1n) is 8.31. The molecule has 0 unspecified atom stereocenters. The lowest BCUT2D eigenvalue weighted by Crippen LogP contribution is -2.12. The smallest absolute Gasteiger partial charge is 0.206 e. The van der Waals surface area contributed by atoms with Crippen LogP contribution in [0.4, 0.5) is 4.39 Å². The SMILES string of the molecule is CCN=c1scc(-c2ccc(F)cc2)n1N=Cc1ccc(CC)cc1. The van der Waals surface area contributed by atoms with Gasteiger partial charge in [-0.3, -0.25) is 4.99 Å². The maximum absolute atomic E-state index is 13.2. The minimum Gasteiger partial charge on any atom is -0.258 e. The molecule has 5 heteroatoms. The predicted molar refractivity (Wildman–Crippen MR) is 103 cm³/mol. The van der Waals surface area contributed by atoms with Gasteiger partial charge in [-0.1, -0.05) is 31.2 Å². The molecule has 0 fully saturated rings. The van der Waals surface area contributed by atoms with Crippen molar-refractivity contribution >= 4 is 17.6 Å². The molecule has 0 radical (unpaired) electrons. The van der Waals surface area contributed by atoms with Crippen LogP contribution in [-0.4, -0.2) is 17.4 Å². The van der Waals surface area contributed by atoms with Gasteiger partial charge in [0, 0.05) is 17.5 Å². The predicted octanol–water partition coefficient (Wildman–Crippen LogP) is 4.72. The van der Waals surface area contributed by atoms with Crippen molar-refractivity contribution in [1.29, 1.82) is 0 Å². The third-order valence-electron chi connectivity index (χ3n) is 3.83. The van der Waals surface area contributed by atoms with Crippen LogP contribution in [0, 0.1) is 5.82 Å². The van der Waals surface area contributed by atoms with Crippen molar-refractivity contribution in [2.24, 2.45) is 10.1 Å². The average Bonchev–Trinajstić information content (AvgIpc) is 3.04. The van der Waals surface area contributed by atoms with Crippen LogP contribution in [-0.2, 0) is 6.42 Å². The van der Waals surface area contributed by atoms with Crippen LogP contribution in [0.1, 0.15) is 25.0 Å². The summed E-state index contributed by atoms with van der Waals surface area (Å²) in [6, 6.07) is 14.8. The third-order valence-corrected chi connectivity index (χ3v) is 4.68. The van der Waals surface area contributed by atoms with Crippen LogP contribution >= 0.6 is 11.3 Å². The van der Waals surface area contributed by atoms with E-state index in [1.165, 1.54) is 29.0 Å². The summed E-state index contributed by atoms with van der Waals surface area (Å²) in [5, 5.41) is 6.62. The van der Waals surface area contributed by atoms with Gasteiger partial charge in [0.2, 0.25) is 4.80 Å². The monoisotopic (exact) mass is 353 g/mol. The van der Waals surface area contributed by atoms with Gasteiger partial charge < -0.3 is 0 Å². The molecule has 0 spiro atoms. The maximum Gasteiger partial charge on any atom is 0.206 e. The molecule has 3 aromatic rings. The van der Waals surface area contributed by atoms with Gasteiger partial charge in [0.15, 0.2) is 0 Å². The van der Waals surface area contributed by atoms with Crippen molar-refractivity contribution in [3.05, 3.63) is 75.7 Å². The Morgan fingerprint density at radius 1 is 1.04 bits per heavy atom. The second-order valence-electron chi connectivity index (χ2n) is 5.54. The zero-order chi connectivity index (χ0) is 17.6. The summed E-state index contributed by atoms with van der Waals surface area (Å²) < 4.78 is 15.0. The summed E-state index contributed by atoms with van der Waals surface area (Å²) in [6.07, 6.45) is 2.85. The number of aromatic nitrogens is 1. The van der Waals surface area contributed by atoms with E-state index in [4.69, 9.17) is 0 Å². The highest BCUT2D eigenvalue weighted by Gasteiger charge is 2.07. The topological polar surface area (TPSA) is 29.6 Å². The molecule has 3 rings (SSSR count). The number of thiazole rings is 1. The van der Waals surface area contributed by atoms with E-state index in [0.717, 1.165) is 28.0 Å². The fourth-order valence-electron chi connectivity index (χ4n) is 2.44. The zero-order valence-corrected chi connectivity index (χ0v) is 15.1. The van der Waals surface area contributed by atoms with Gasteiger partial charge in [-0.05, 0) is 48.7 Å². The first-order chi connectivity index (χ1) is 12.2. The molecule has 0 bridgehead atoms. The van der Waals surface area contributed by atoms with Gasteiger partial charge >= 0.3 is 0 Å². The summed E-state index contributed by atoms with van der Waals surface area (Å²) in [4.78, 5) is 5.33. The Morgan fingerprint density at radius 3 is 2.40 bits per heavy atom. The molecule has 1 aromatic heterocycles. The normalized spacial score (nSPS) is 12.2. The minimum atomic E-state index is -0.247. The number of nitrogens with zero attached hydrogens (tertiary/aromatic N) is 3. The highest BCUT2D eigenvalue weighted by atomic mass is 32.1. The number of hydrogen-bond acceptors (Lipinski definition) is 3. The van der Waals surface area contributed by atoms with Gasteiger partial charge in [-0.2, -0.15) is 5.10 Å². The zero-order valence-electron chi connectivity index (χ0n) is 14.3. The molecular formula is C20H20FN3S. The average molecular weight is 353 g/mol. The summed E-state index contributed by atoms with van der Waals surface area (Å²) in [5.41, 5.74) is 4.14. The van der Waals surface area contributed by atoms with Gasteiger partial charge in [0.25, 0.3) is 0 Å². The molecule has 0 aliphatic heterocycles. The molecule has 2 aromatic carbocycles. The number of benzene rings is 2. The highest BCUT2D eigenvalue weighted by Crippen LogP contribution is 2.20. The Labute approximate surface area is 150 Å². The maximum atomic E-state index is 13.2. The van der Waals surface area contributed by atoms with E-state index < -0.39 is 0 Å². The molecular weight excluding hydrogens is 333 g/mol. The number of hydrogen-bond donors (Lipinski definition) is 0. The van der Waals surface area contributed by atoms with E-state index in [9.17, 15) is 4.39 Å². The molecule has 0 saturated heterocycles. The van der Waals surface area contributed by atoms with E-state index >= 15 is 0 Å². The fourth-order valence-corrected chi connectivity index (χ4v) is 3.34. The highest BCUT2D eigenvalue weighted by molar-refractivity contribution is 7.07. The van der Waals surface area contributed by atoms with Crippen LogP contribution in [0.5, 0.6) is 0 Å². The minimum absolute atomic E-state index is 0.247. The fraction of sp³-hybridized carbons (Fsp3) is 0.200. The lowest BCUT2D eigenvalue weighted by atomic mass is 10.1. The second kappa shape index (κ2) is 8.03. The van der Waals surface area contributed by atoms with Gasteiger partial charge in [0.05, 0.1) is 11.9 Å². The van der Waals surface area contributed by atoms with Crippen LogP contribution in [0.25, 0.3) is 11.3 Å². The molecule has 1 heterocycles. The van der Waals surface area contributed by atoms with E-state index in [1.54, 1.807) is 12.1 Å². The van der Waals surface area contributed by atoms with Crippen molar-refractivity contribution < 1.29 is 4.39 Å². The number of halogens is 1. The Kier molecular flexibility index (Phi) is 5.56. The molecule has 0 N–H and O–H groups in total. The van der Waals surface area contributed by atoms with Crippen molar-refractivity contribution in [2.75, 3.05) is 6.54 Å². The number of aryl methyl sites for hydroxylation is 1. The van der Waals surface area contributed by atoms with E-state index in [2.05, 4.69) is 41.3 Å². The molecule has 0 amide bonds. The lowest BCUT2D eigenvalue weighted by molar-refractivity contribution is 0.628. The van der Waals surface area contributed by atoms with Crippen LogP contribution in [0.2, 0.25) is 0 Å². The molecule has 25 heavy (non-hydrogen) atoms. The molecule has 3 nitrogen and oxygen atoms in total. The molecule has 0 atom stereocenters. The Balaban J connectivity index is 2.00. The molecule has 0 aliphatic rings. The number of rotatable bonds is 5. The summed E-state index contributed by atoms with van der Waals surface area (Å²) >= 11 is 1.53. The quantitative estimate of drug-likeness (QED) is 0.594. The summed E-state index contributed by atoms with van der Waals surface area (Å²) in [5.74, 6) is -0.247. The standard InChI is InChI=1S/C20H20FN3S/c1-3-15-5-7-16(8-6-15)13-23-24-19(14-25-20(24)22-4-2)17-9-11-18(21)12-10-17/h5-14H,3-4H2,1-2H3. The molecule has 0 aliphatic carbocycles. The lowest BCUT2D eigenvalue weighted by Gasteiger charge is -2.04. The summed E-state index contributed by atoms with van der Waals surface area (Å²) in [7, 11) is 0. The van der Waals surface area contributed by atoms with Gasteiger partial charge in [-0.15, -0.1) is 11.3 Å². The first-order valence-corrected chi connectivity index (χ1v) is 9.19. The van der Waals surface area contributed by atoms with Crippen LogP contribution in [0.3, 0.4) is 0 Å².